The zero-order valence-corrected chi connectivity index (χ0v) is 11.2. The summed E-state index contributed by atoms with van der Waals surface area (Å²) in [7, 11) is 0. The van der Waals surface area contributed by atoms with Crippen LogP contribution in [0.15, 0.2) is 28.9 Å². The summed E-state index contributed by atoms with van der Waals surface area (Å²) in [5.74, 6) is -2.02. The Kier molecular flexibility index (Phi) is 3.55. The van der Waals surface area contributed by atoms with Gasteiger partial charge in [0, 0.05) is 25.2 Å². The molecule has 1 amide bonds. The van der Waals surface area contributed by atoms with Gasteiger partial charge in [0.25, 0.3) is 5.91 Å². The molecule has 0 spiro atoms. The van der Waals surface area contributed by atoms with Gasteiger partial charge in [0.1, 0.15) is 5.69 Å². The minimum Gasteiger partial charge on any atom is -0.337 e. The molecule has 1 atom stereocenters. The van der Waals surface area contributed by atoms with E-state index >= 15 is 0 Å². The quantitative estimate of drug-likeness (QED) is 0.849. The zero-order valence-electron chi connectivity index (χ0n) is 11.2. The lowest BCUT2D eigenvalue weighted by atomic mass is 10.1. The van der Waals surface area contributed by atoms with Gasteiger partial charge in [-0.2, -0.15) is 18.2 Å². The molecule has 2 aromatic rings. The fourth-order valence-corrected chi connectivity index (χ4v) is 2.32. The van der Waals surface area contributed by atoms with Crippen molar-refractivity contribution < 1.29 is 22.5 Å². The number of alkyl halides is 3. The summed E-state index contributed by atoms with van der Waals surface area (Å²) in [6.45, 7) is 0.655. The highest BCUT2D eigenvalue weighted by atomic mass is 19.4. The van der Waals surface area contributed by atoms with Crippen LogP contribution in [-0.4, -0.2) is 39.0 Å². The van der Waals surface area contributed by atoms with Crippen LogP contribution in [0.5, 0.6) is 0 Å². The van der Waals surface area contributed by atoms with Crippen LogP contribution in [-0.2, 0) is 6.18 Å². The topological polar surface area (TPSA) is 72.1 Å². The molecule has 3 heterocycles. The van der Waals surface area contributed by atoms with E-state index in [1.54, 1.807) is 18.2 Å². The van der Waals surface area contributed by atoms with Crippen LogP contribution in [0.4, 0.5) is 13.2 Å². The number of halogens is 3. The molecule has 0 saturated carbocycles. The normalized spacial score (nSPS) is 18.7. The van der Waals surface area contributed by atoms with Gasteiger partial charge in [0.2, 0.25) is 0 Å². The van der Waals surface area contributed by atoms with Crippen LogP contribution in [0.25, 0.3) is 0 Å². The van der Waals surface area contributed by atoms with Gasteiger partial charge in [0.05, 0.1) is 0 Å². The molecule has 0 aromatic carbocycles. The van der Waals surface area contributed by atoms with E-state index < -0.39 is 12.1 Å². The highest BCUT2D eigenvalue weighted by Crippen LogP contribution is 2.31. The van der Waals surface area contributed by atoms with Crippen LogP contribution in [0, 0.1) is 0 Å². The van der Waals surface area contributed by atoms with E-state index in [1.807, 2.05) is 0 Å². The summed E-state index contributed by atoms with van der Waals surface area (Å²) in [5, 5.41) is 3.37. The Morgan fingerprint density at radius 2 is 2.18 bits per heavy atom. The van der Waals surface area contributed by atoms with Gasteiger partial charge >= 0.3 is 12.1 Å². The van der Waals surface area contributed by atoms with Crippen LogP contribution in [0.1, 0.15) is 34.5 Å². The molecule has 2 aromatic heterocycles. The van der Waals surface area contributed by atoms with Crippen LogP contribution >= 0.6 is 0 Å². The molecule has 0 bridgehead atoms. The van der Waals surface area contributed by atoms with Crippen LogP contribution in [0.2, 0.25) is 0 Å². The van der Waals surface area contributed by atoms with Gasteiger partial charge < -0.3 is 9.42 Å². The minimum atomic E-state index is -4.66. The monoisotopic (exact) mass is 312 g/mol. The minimum absolute atomic E-state index is 0.0244. The number of hydrogen-bond donors (Lipinski definition) is 0. The number of aromatic nitrogens is 3. The van der Waals surface area contributed by atoms with Gasteiger partial charge in [-0.3, -0.25) is 9.78 Å². The summed E-state index contributed by atoms with van der Waals surface area (Å²) >= 11 is 0. The first-order valence-electron chi connectivity index (χ1n) is 6.56. The van der Waals surface area contributed by atoms with Gasteiger partial charge in [-0.1, -0.05) is 11.2 Å². The predicted octanol–water partition coefficient (Wildman–Crippen LogP) is 2.11. The Hall–Kier alpha value is -2.45. The van der Waals surface area contributed by atoms with Crippen molar-refractivity contribution in [1.29, 1.82) is 0 Å². The number of likely N-dealkylation sites (tertiary alicyclic amines) is 1. The maximum atomic E-state index is 12.4. The van der Waals surface area contributed by atoms with Gasteiger partial charge in [-0.15, -0.1) is 0 Å². The molecule has 22 heavy (non-hydrogen) atoms. The van der Waals surface area contributed by atoms with E-state index in [2.05, 4.69) is 19.6 Å². The van der Waals surface area contributed by atoms with Crippen molar-refractivity contribution in [2.24, 2.45) is 0 Å². The van der Waals surface area contributed by atoms with Crippen molar-refractivity contribution in [2.45, 2.75) is 18.5 Å². The van der Waals surface area contributed by atoms with Crippen LogP contribution in [0.3, 0.4) is 0 Å². The maximum Gasteiger partial charge on any atom is 0.471 e. The first-order chi connectivity index (χ1) is 10.4. The summed E-state index contributed by atoms with van der Waals surface area (Å²) in [6.07, 6.45) is -2.67. The third kappa shape index (κ3) is 2.78. The molecule has 0 aliphatic carbocycles. The number of hydrogen-bond acceptors (Lipinski definition) is 5. The standard InChI is InChI=1S/C13H11F3N4O2/c14-13(15,16)12-18-10(19-22-12)8-4-6-20(7-8)11(21)9-3-1-2-5-17-9/h1-3,5,8H,4,6-7H2/t8-/m0/s1. The molecular weight excluding hydrogens is 301 g/mol. The number of pyridine rings is 1. The lowest BCUT2D eigenvalue weighted by molar-refractivity contribution is -0.159. The SMILES string of the molecule is O=C(c1ccccn1)N1CC[C@H](c2noc(C(F)(F)F)n2)C1. The van der Waals surface area contributed by atoms with Crippen LogP contribution < -0.4 is 0 Å². The number of rotatable bonds is 2. The summed E-state index contributed by atoms with van der Waals surface area (Å²) in [5.41, 5.74) is 0.298. The van der Waals surface area contributed by atoms with E-state index in [9.17, 15) is 18.0 Å². The van der Waals surface area contributed by atoms with E-state index in [4.69, 9.17) is 0 Å². The van der Waals surface area contributed by atoms with E-state index in [-0.39, 0.29) is 24.2 Å². The summed E-state index contributed by atoms with van der Waals surface area (Å²) < 4.78 is 41.6. The third-order valence-corrected chi connectivity index (χ3v) is 3.41. The fourth-order valence-electron chi connectivity index (χ4n) is 2.32. The highest BCUT2D eigenvalue weighted by molar-refractivity contribution is 5.92. The van der Waals surface area contributed by atoms with Crippen molar-refractivity contribution in [3.8, 4) is 0 Å². The van der Waals surface area contributed by atoms with Gasteiger partial charge in [0.15, 0.2) is 5.82 Å². The molecule has 0 radical (unpaired) electrons. The van der Waals surface area contributed by atoms with E-state index in [0.717, 1.165) is 0 Å². The van der Waals surface area contributed by atoms with Gasteiger partial charge in [-0.25, -0.2) is 0 Å². The molecule has 9 heteroatoms. The number of carbonyl (C=O) groups is 1. The molecule has 1 aliphatic rings. The number of amides is 1. The molecule has 1 aliphatic heterocycles. The number of nitrogens with zero attached hydrogens (tertiary/aromatic N) is 4. The third-order valence-electron chi connectivity index (χ3n) is 3.41. The summed E-state index contributed by atoms with van der Waals surface area (Å²) in [4.78, 5) is 21.1. The van der Waals surface area contributed by atoms with E-state index in [1.165, 1.54) is 11.1 Å². The second-order valence-corrected chi connectivity index (χ2v) is 4.91. The average Bonchev–Trinajstić information content (AvgIpc) is 3.15. The van der Waals surface area contributed by atoms with Crippen molar-refractivity contribution >= 4 is 5.91 Å². The Morgan fingerprint density at radius 3 is 2.82 bits per heavy atom. The lowest BCUT2D eigenvalue weighted by Gasteiger charge is -2.14. The highest BCUT2D eigenvalue weighted by Gasteiger charge is 2.40. The van der Waals surface area contributed by atoms with Crippen molar-refractivity contribution in [2.75, 3.05) is 13.1 Å². The van der Waals surface area contributed by atoms with Gasteiger partial charge in [-0.05, 0) is 18.6 Å². The Morgan fingerprint density at radius 1 is 1.36 bits per heavy atom. The predicted molar refractivity (Wildman–Crippen MR) is 66.8 cm³/mol. The molecule has 3 rings (SSSR count). The second-order valence-electron chi connectivity index (χ2n) is 4.91. The van der Waals surface area contributed by atoms with Crippen molar-refractivity contribution in [1.82, 2.24) is 20.0 Å². The molecule has 116 valence electrons. The van der Waals surface area contributed by atoms with Crippen molar-refractivity contribution in [3.05, 3.63) is 41.8 Å². The largest absolute Gasteiger partial charge is 0.471 e. The molecule has 6 nitrogen and oxygen atoms in total. The zero-order chi connectivity index (χ0) is 15.7. The van der Waals surface area contributed by atoms with Crippen molar-refractivity contribution in [3.63, 3.8) is 0 Å². The molecule has 0 N–H and O–H groups in total. The maximum absolute atomic E-state index is 12.4. The number of carbonyl (C=O) groups excluding carboxylic acids is 1. The molecule has 0 unspecified atom stereocenters. The Labute approximate surface area is 122 Å². The molecule has 1 saturated heterocycles. The molecular formula is C13H11F3N4O2. The average molecular weight is 312 g/mol. The lowest BCUT2D eigenvalue weighted by Crippen LogP contribution is -2.29. The first-order valence-corrected chi connectivity index (χ1v) is 6.56. The summed E-state index contributed by atoms with van der Waals surface area (Å²) in [6, 6.07) is 4.98. The second kappa shape index (κ2) is 5.39. The van der Waals surface area contributed by atoms with E-state index in [0.29, 0.717) is 18.7 Å². The fraction of sp³-hybridized carbons (Fsp3) is 0.385. The first kappa shape index (κ1) is 14.5. The Bertz CT molecular complexity index is 671. The molecule has 1 fully saturated rings. The smallest absolute Gasteiger partial charge is 0.337 e. The Balaban J connectivity index is 1.70.